The maximum absolute atomic E-state index is 13.2. The molecule has 1 aromatic carbocycles. The van der Waals surface area contributed by atoms with Crippen LogP contribution in [0.15, 0.2) is 47.4 Å². The zero-order valence-electron chi connectivity index (χ0n) is 14.1. The lowest BCUT2D eigenvalue weighted by Crippen LogP contribution is -2.34. The van der Waals surface area contributed by atoms with Crippen LogP contribution in [0.5, 0.6) is 0 Å². The quantitative estimate of drug-likeness (QED) is 0.772. The van der Waals surface area contributed by atoms with Crippen LogP contribution in [-0.2, 0) is 11.3 Å². The van der Waals surface area contributed by atoms with Crippen molar-refractivity contribution in [3.8, 4) is 5.69 Å². The van der Waals surface area contributed by atoms with Crippen molar-refractivity contribution < 1.29 is 9.18 Å². The van der Waals surface area contributed by atoms with Crippen molar-refractivity contribution in [3.05, 3.63) is 58.9 Å². The fourth-order valence-corrected chi connectivity index (χ4v) is 2.58. The van der Waals surface area contributed by atoms with E-state index >= 15 is 0 Å². The van der Waals surface area contributed by atoms with Crippen LogP contribution in [0.25, 0.3) is 16.9 Å². The summed E-state index contributed by atoms with van der Waals surface area (Å²) in [5, 5.41) is 2.80. The Labute approximate surface area is 143 Å². The van der Waals surface area contributed by atoms with Crippen LogP contribution in [0.4, 0.5) is 4.39 Å². The van der Waals surface area contributed by atoms with Gasteiger partial charge >= 0.3 is 5.69 Å². The van der Waals surface area contributed by atoms with Crippen LogP contribution in [0.2, 0.25) is 0 Å². The number of hydrogen-bond donors (Lipinski definition) is 1. The van der Waals surface area contributed by atoms with Gasteiger partial charge in [-0.25, -0.2) is 18.7 Å². The number of amides is 1. The summed E-state index contributed by atoms with van der Waals surface area (Å²) in [7, 11) is 0. The molecule has 3 rings (SSSR count). The van der Waals surface area contributed by atoms with Gasteiger partial charge in [-0.05, 0) is 42.3 Å². The van der Waals surface area contributed by atoms with Gasteiger partial charge in [0, 0.05) is 12.7 Å². The van der Waals surface area contributed by atoms with Crippen molar-refractivity contribution in [2.75, 3.05) is 6.54 Å². The third-order valence-electron chi connectivity index (χ3n) is 3.78. The number of aromatic nitrogens is 3. The molecule has 130 valence electrons. The molecule has 0 atom stereocenters. The second kappa shape index (κ2) is 6.88. The van der Waals surface area contributed by atoms with E-state index in [1.807, 2.05) is 13.8 Å². The topological polar surface area (TPSA) is 68.9 Å². The van der Waals surface area contributed by atoms with Crippen LogP contribution in [-0.4, -0.2) is 26.6 Å². The molecule has 2 aromatic heterocycles. The number of hydrogen-bond acceptors (Lipinski definition) is 3. The van der Waals surface area contributed by atoms with E-state index in [4.69, 9.17) is 0 Å². The molecule has 0 bridgehead atoms. The van der Waals surface area contributed by atoms with E-state index in [9.17, 15) is 14.0 Å². The molecule has 2 heterocycles. The Bertz CT molecular complexity index is 957. The van der Waals surface area contributed by atoms with E-state index in [0.29, 0.717) is 29.3 Å². The Morgan fingerprint density at radius 3 is 2.64 bits per heavy atom. The molecule has 25 heavy (non-hydrogen) atoms. The number of halogens is 1. The summed E-state index contributed by atoms with van der Waals surface area (Å²) in [5.74, 6) is -0.303. The summed E-state index contributed by atoms with van der Waals surface area (Å²) in [4.78, 5) is 29.3. The molecule has 1 N–H and O–H groups in total. The van der Waals surface area contributed by atoms with Crippen molar-refractivity contribution >= 4 is 17.1 Å². The number of nitrogens with zero attached hydrogens (tertiary/aromatic N) is 3. The Hall–Kier alpha value is -2.96. The Kier molecular flexibility index (Phi) is 4.65. The maximum Gasteiger partial charge on any atom is 0.335 e. The van der Waals surface area contributed by atoms with Crippen LogP contribution < -0.4 is 11.0 Å². The largest absolute Gasteiger partial charge is 0.354 e. The molecule has 0 saturated heterocycles. The minimum Gasteiger partial charge on any atom is -0.354 e. The second-order valence-corrected chi connectivity index (χ2v) is 6.22. The first kappa shape index (κ1) is 16.9. The molecule has 0 fully saturated rings. The minimum absolute atomic E-state index is 0.0953. The van der Waals surface area contributed by atoms with Crippen molar-refractivity contribution in [3.63, 3.8) is 0 Å². The molecule has 7 heteroatoms. The lowest BCUT2D eigenvalue weighted by atomic mass is 10.2. The smallest absolute Gasteiger partial charge is 0.335 e. The Balaban J connectivity index is 2.05. The van der Waals surface area contributed by atoms with Crippen molar-refractivity contribution in [2.24, 2.45) is 5.92 Å². The molecule has 1 amide bonds. The molecule has 0 aliphatic heterocycles. The maximum atomic E-state index is 13.2. The SMILES string of the molecule is CC(C)CNC(=O)Cn1c(=O)n(-c2ccc(F)cc2)c2ncccc21. The van der Waals surface area contributed by atoms with E-state index in [1.165, 1.54) is 33.4 Å². The lowest BCUT2D eigenvalue weighted by molar-refractivity contribution is -0.121. The molecular weight excluding hydrogens is 323 g/mol. The molecular formula is C18H19FN4O2. The standard InChI is InChI=1S/C18H19FN4O2/c1-12(2)10-21-16(24)11-22-15-4-3-9-20-17(15)23(18(22)25)14-7-5-13(19)6-8-14/h3-9,12H,10-11H2,1-2H3,(H,21,24). The van der Waals surface area contributed by atoms with Crippen molar-refractivity contribution in [2.45, 2.75) is 20.4 Å². The van der Waals surface area contributed by atoms with Gasteiger partial charge in [0.1, 0.15) is 12.4 Å². The van der Waals surface area contributed by atoms with Crippen LogP contribution in [0, 0.1) is 11.7 Å². The summed E-state index contributed by atoms with van der Waals surface area (Å²) in [6, 6.07) is 9.02. The Morgan fingerprint density at radius 1 is 1.24 bits per heavy atom. The normalized spacial score (nSPS) is 11.2. The van der Waals surface area contributed by atoms with Gasteiger partial charge in [-0.1, -0.05) is 13.8 Å². The van der Waals surface area contributed by atoms with Gasteiger partial charge in [-0.3, -0.25) is 9.36 Å². The van der Waals surface area contributed by atoms with Crippen molar-refractivity contribution in [1.29, 1.82) is 0 Å². The summed E-state index contributed by atoms with van der Waals surface area (Å²) < 4.78 is 15.9. The third-order valence-corrected chi connectivity index (χ3v) is 3.78. The van der Waals surface area contributed by atoms with Crippen LogP contribution >= 0.6 is 0 Å². The first-order chi connectivity index (χ1) is 12.0. The summed E-state index contributed by atoms with van der Waals surface area (Å²) in [5.41, 5.74) is 1.09. The number of imidazole rings is 1. The average Bonchev–Trinajstić information content (AvgIpc) is 2.86. The van der Waals surface area contributed by atoms with E-state index in [2.05, 4.69) is 10.3 Å². The van der Waals surface area contributed by atoms with E-state index < -0.39 is 0 Å². The van der Waals surface area contributed by atoms with Gasteiger partial charge < -0.3 is 5.32 Å². The highest BCUT2D eigenvalue weighted by Crippen LogP contribution is 2.15. The van der Waals surface area contributed by atoms with Gasteiger partial charge in [-0.15, -0.1) is 0 Å². The number of pyridine rings is 1. The predicted molar refractivity (Wildman–Crippen MR) is 93.1 cm³/mol. The number of carbonyl (C=O) groups excluding carboxylic acids is 1. The molecule has 0 aliphatic rings. The lowest BCUT2D eigenvalue weighted by Gasteiger charge is -2.08. The second-order valence-electron chi connectivity index (χ2n) is 6.22. The van der Waals surface area contributed by atoms with Crippen LogP contribution in [0.3, 0.4) is 0 Å². The first-order valence-corrected chi connectivity index (χ1v) is 8.06. The third kappa shape index (κ3) is 3.45. The predicted octanol–water partition coefficient (Wildman–Crippen LogP) is 2.10. The Morgan fingerprint density at radius 2 is 1.96 bits per heavy atom. The first-order valence-electron chi connectivity index (χ1n) is 8.06. The highest BCUT2D eigenvalue weighted by atomic mass is 19.1. The van der Waals surface area contributed by atoms with E-state index in [1.54, 1.807) is 18.3 Å². The molecule has 0 radical (unpaired) electrons. The monoisotopic (exact) mass is 342 g/mol. The fraction of sp³-hybridized carbons (Fsp3) is 0.278. The van der Waals surface area contributed by atoms with Gasteiger partial charge in [0.05, 0.1) is 11.2 Å². The van der Waals surface area contributed by atoms with Gasteiger partial charge in [-0.2, -0.15) is 0 Å². The number of benzene rings is 1. The number of carbonyl (C=O) groups is 1. The molecule has 0 spiro atoms. The van der Waals surface area contributed by atoms with Gasteiger partial charge in [0.15, 0.2) is 5.65 Å². The average molecular weight is 342 g/mol. The molecule has 0 saturated carbocycles. The highest BCUT2D eigenvalue weighted by molar-refractivity contribution is 5.80. The number of fused-ring (bicyclic) bond motifs is 1. The zero-order valence-corrected chi connectivity index (χ0v) is 14.1. The molecule has 0 aliphatic carbocycles. The number of rotatable bonds is 5. The van der Waals surface area contributed by atoms with Crippen LogP contribution in [0.1, 0.15) is 13.8 Å². The molecule has 0 unspecified atom stereocenters. The minimum atomic E-state index is -0.389. The zero-order chi connectivity index (χ0) is 18.0. The molecule has 6 nitrogen and oxygen atoms in total. The summed E-state index contributed by atoms with van der Waals surface area (Å²) in [6.07, 6.45) is 1.57. The van der Waals surface area contributed by atoms with Crippen molar-refractivity contribution in [1.82, 2.24) is 19.4 Å². The number of nitrogens with one attached hydrogen (secondary N) is 1. The summed E-state index contributed by atoms with van der Waals surface area (Å²) in [6.45, 7) is 4.44. The molecule has 3 aromatic rings. The summed E-state index contributed by atoms with van der Waals surface area (Å²) >= 11 is 0. The van der Waals surface area contributed by atoms with Gasteiger partial charge in [0.2, 0.25) is 5.91 Å². The van der Waals surface area contributed by atoms with Gasteiger partial charge in [0.25, 0.3) is 0 Å². The highest BCUT2D eigenvalue weighted by Gasteiger charge is 2.17. The fourth-order valence-electron chi connectivity index (χ4n) is 2.58. The van der Waals surface area contributed by atoms with E-state index in [0.717, 1.165) is 0 Å². The van der Waals surface area contributed by atoms with E-state index in [-0.39, 0.29) is 24.0 Å².